The molecule has 1 aliphatic heterocycles. The molecule has 1 atom stereocenters. The van der Waals surface area contributed by atoms with E-state index in [9.17, 15) is 0 Å². The molecule has 0 spiro atoms. The standard InChI is InChI=1S/C16H25N/c1-14-7-9-15(10-8-14)11-12-16-6-4-2-3-5-13-17-16/h7-10,16-17H,2-6,11-13H2,1H3. The lowest BCUT2D eigenvalue weighted by Crippen LogP contribution is -2.31. The van der Waals surface area contributed by atoms with Crippen LogP contribution in [0.4, 0.5) is 0 Å². The predicted octanol–water partition coefficient (Wildman–Crippen LogP) is 3.85. The van der Waals surface area contributed by atoms with Crippen LogP contribution in [0.25, 0.3) is 0 Å². The first-order valence-corrected chi connectivity index (χ1v) is 7.13. The summed E-state index contributed by atoms with van der Waals surface area (Å²) in [5, 5.41) is 3.70. The molecule has 1 saturated heterocycles. The van der Waals surface area contributed by atoms with Crippen molar-refractivity contribution in [2.45, 2.75) is 57.9 Å². The van der Waals surface area contributed by atoms with Gasteiger partial charge in [0.1, 0.15) is 0 Å². The third kappa shape index (κ3) is 4.51. The van der Waals surface area contributed by atoms with Crippen molar-refractivity contribution in [3.8, 4) is 0 Å². The van der Waals surface area contributed by atoms with E-state index in [1.165, 1.54) is 62.6 Å². The Hall–Kier alpha value is -0.820. The Bertz CT molecular complexity index is 307. The van der Waals surface area contributed by atoms with E-state index in [4.69, 9.17) is 0 Å². The monoisotopic (exact) mass is 231 g/mol. The molecule has 1 fully saturated rings. The van der Waals surface area contributed by atoms with Crippen LogP contribution in [-0.4, -0.2) is 12.6 Å². The summed E-state index contributed by atoms with van der Waals surface area (Å²) in [5.41, 5.74) is 2.84. The molecule has 0 radical (unpaired) electrons. The first kappa shape index (κ1) is 12.6. The Morgan fingerprint density at radius 1 is 1.06 bits per heavy atom. The van der Waals surface area contributed by atoms with Crippen LogP contribution in [-0.2, 0) is 6.42 Å². The van der Waals surface area contributed by atoms with Gasteiger partial charge in [-0.1, -0.05) is 49.1 Å². The fraction of sp³-hybridized carbons (Fsp3) is 0.625. The van der Waals surface area contributed by atoms with Gasteiger partial charge in [-0.3, -0.25) is 0 Å². The van der Waals surface area contributed by atoms with Crippen LogP contribution in [0.2, 0.25) is 0 Å². The Labute approximate surface area is 106 Å². The molecule has 0 amide bonds. The van der Waals surface area contributed by atoms with Gasteiger partial charge in [0.25, 0.3) is 0 Å². The molecule has 94 valence electrons. The maximum atomic E-state index is 3.70. The van der Waals surface area contributed by atoms with Crippen molar-refractivity contribution in [2.75, 3.05) is 6.54 Å². The molecule has 0 aromatic heterocycles. The average molecular weight is 231 g/mol. The predicted molar refractivity (Wildman–Crippen MR) is 74.4 cm³/mol. The average Bonchev–Trinajstić information content (AvgIpc) is 2.30. The number of nitrogens with one attached hydrogen (secondary N) is 1. The molecular formula is C16H25N. The molecule has 0 aliphatic carbocycles. The number of aryl methyl sites for hydroxylation is 2. The highest BCUT2D eigenvalue weighted by molar-refractivity contribution is 5.21. The van der Waals surface area contributed by atoms with Crippen LogP contribution >= 0.6 is 0 Å². The summed E-state index contributed by atoms with van der Waals surface area (Å²) >= 11 is 0. The second-order valence-corrected chi connectivity index (χ2v) is 5.38. The molecule has 1 aromatic rings. The van der Waals surface area contributed by atoms with Gasteiger partial charge in [-0.05, 0) is 44.7 Å². The molecule has 1 unspecified atom stereocenters. The Kier molecular flexibility index (Phi) is 5.06. The van der Waals surface area contributed by atoms with Crippen LogP contribution < -0.4 is 5.32 Å². The van der Waals surface area contributed by atoms with E-state index in [1.807, 2.05) is 0 Å². The van der Waals surface area contributed by atoms with E-state index < -0.39 is 0 Å². The van der Waals surface area contributed by atoms with Crippen molar-refractivity contribution in [3.05, 3.63) is 35.4 Å². The maximum Gasteiger partial charge on any atom is 0.00702 e. The van der Waals surface area contributed by atoms with Crippen LogP contribution in [0.3, 0.4) is 0 Å². The highest BCUT2D eigenvalue weighted by atomic mass is 14.9. The molecule has 1 nitrogen and oxygen atoms in total. The van der Waals surface area contributed by atoms with Crippen LogP contribution in [0, 0.1) is 6.92 Å². The lowest BCUT2D eigenvalue weighted by atomic mass is 9.98. The molecule has 1 aliphatic rings. The fourth-order valence-corrected chi connectivity index (χ4v) is 2.62. The zero-order valence-electron chi connectivity index (χ0n) is 11.0. The van der Waals surface area contributed by atoms with E-state index in [0.717, 1.165) is 6.04 Å². The lowest BCUT2D eigenvalue weighted by Gasteiger charge is -2.21. The van der Waals surface area contributed by atoms with Crippen molar-refractivity contribution in [1.29, 1.82) is 0 Å². The van der Waals surface area contributed by atoms with Gasteiger partial charge in [-0.25, -0.2) is 0 Å². The second kappa shape index (κ2) is 6.80. The van der Waals surface area contributed by atoms with Crippen LogP contribution in [0.15, 0.2) is 24.3 Å². The van der Waals surface area contributed by atoms with Gasteiger partial charge in [-0.2, -0.15) is 0 Å². The van der Waals surface area contributed by atoms with Gasteiger partial charge >= 0.3 is 0 Å². The molecule has 1 N–H and O–H groups in total. The van der Waals surface area contributed by atoms with Crippen LogP contribution in [0.5, 0.6) is 0 Å². The Morgan fingerprint density at radius 2 is 1.82 bits per heavy atom. The molecule has 17 heavy (non-hydrogen) atoms. The van der Waals surface area contributed by atoms with E-state index in [-0.39, 0.29) is 0 Å². The zero-order chi connectivity index (χ0) is 11.9. The molecule has 1 heterocycles. The van der Waals surface area contributed by atoms with Gasteiger partial charge < -0.3 is 5.32 Å². The minimum absolute atomic E-state index is 0.747. The summed E-state index contributed by atoms with van der Waals surface area (Å²) in [6.45, 7) is 3.37. The quantitative estimate of drug-likeness (QED) is 0.833. The zero-order valence-corrected chi connectivity index (χ0v) is 11.0. The molecule has 2 rings (SSSR count). The number of hydrogen-bond donors (Lipinski definition) is 1. The first-order chi connectivity index (χ1) is 8.34. The molecule has 1 heteroatoms. The highest BCUT2D eigenvalue weighted by Crippen LogP contribution is 2.14. The third-order valence-corrected chi connectivity index (χ3v) is 3.81. The van der Waals surface area contributed by atoms with E-state index in [1.54, 1.807) is 0 Å². The Morgan fingerprint density at radius 3 is 2.65 bits per heavy atom. The van der Waals surface area contributed by atoms with Crippen molar-refractivity contribution in [1.82, 2.24) is 5.32 Å². The van der Waals surface area contributed by atoms with Gasteiger partial charge in [-0.15, -0.1) is 0 Å². The molecular weight excluding hydrogens is 206 g/mol. The van der Waals surface area contributed by atoms with E-state index in [0.29, 0.717) is 0 Å². The minimum atomic E-state index is 0.747. The number of hydrogen-bond acceptors (Lipinski definition) is 1. The largest absolute Gasteiger partial charge is 0.314 e. The number of benzene rings is 1. The third-order valence-electron chi connectivity index (χ3n) is 3.81. The van der Waals surface area contributed by atoms with Crippen molar-refractivity contribution >= 4 is 0 Å². The van der Waals surface area contributed by atoms with Crippen molar-refractivity contribution in [3.63, 3.8) is 0 Å². The Balaban J connectivity index is 1.77. The van der Waals surface area contributed by atoms with Gasteiger partial charge in [0.15, 0.2) is 0 Å². The summed E-state index contributed by atoms with van der Waals surface area (Å²) in [6.07, 6.45) is 9.50. The summed E-state index contributed by atoms with van der Waals surface area (Å²) in [6, 6.07) is 9.75. The maximum absolute atomic E-state index is 3.70. The highest BCUT2D eigenvalue weighted by Gasteiger charge is 2.10. The SMILES string of the molecule is Cc1ccc(CCC2CCCCCCN2)cc1. The summed E-state index contributed by atoms with van der Waals surface area (Å²) < 4.78 is 0. The normalized spacial score (nSPS) is 21.8. The van der Waals surface area contributed by atoms with Crippen molar-refractivity contribution < 1.29 is 0 Å². The molecule has 1 aromatic carbocycles. The van der Waals surface area contributed by atoms with Gasteiger partial charge in [0, 0.05) is 6.04 Å². The van der Waals surface area contributed by atoms with E-state index in [2.05, 4.69) is 36.5 Å². The lowest BCUT2D eigenvalue weighted by molar-refractivity contribution is 0.399. The minimum Gasteiger partial charge on any atom is -0.314 e. The fourth-order valence-electron chi connectivity index (χ4n) is 2.62. The second-order valence-electron chi connectivity index (χ2n) is 5.38. The topological polar surface area (TPSA) is 12.0 Å². The van der Waals surface area contributed by atoms with E-state index >= 15 is 0 Å². The summed E-state index contributed by atoms with van der Waals surface area (Å²) in [4.78, 5) is 0. The first-order valence-electron chi connectivity index (χ1n) is 7.13. The summed E-state index contributed by atoms with van der Waals surface area (Å²) in [5.74, 6) is 0. The van der Waals surface area contributed by atoms with Gasteiger partial charge in [0.05, 0.1) is 0 Å². The molecule has 0 bridgehead atoms. The van der Waals surface area contributed by atoms with Gasteiger partial charge in [0.2, 0.25) is 0 Å². The number of rotatable bonds is 3. The summed E-state index contributed by atoms with van der Waals surface area (Å²) in [7, 11) is 0. The molecule has 0 saturated carbocycles. The van der Waals surface area contributed by atoms with Crippen molar-refractivity contribution in [2.24, 2.45) is 0 Å². The van der Waals surface area contributed by atoms with Crippen LogP contribution in [0.1, 0.15) is 49.7 Å². The smallest absolute Gasteiger partial charge is 0.00702 e.